The lowest BCUT2D eigenvalue weighted by atomic mass is 9.97. The van der Waals surface area contributed by atoms with E-state index in [1.165, 1.54) is 6.07 Å². The van der Waals surface area contributed by atoms with Crippen LogP contribution in [-0.2, 0) is 32.7 Å². The molecule has 1 aliphatic carbocycles. The van der Waals surface area contributed by atoms with E-state index in [4.69, 9.17) is 14.3 Å². The van der Waals surface area contributed by atoms with E-state index in [0.717, 1.165) is 61.9 Å². The minimum absolute atomic E-state index is 0.0100. The number of anilines is 1. The van der Waals surface area contributed by atoms with Gasteiger partial charge in [0.05, 0.1) is 24.5 Å². The Morgan fingerprint density at radius 3 is 2.62 bits per heavy atom. The van der Waals surface area contributed by atoms with E-state index in [9.17, 15) is 13.2 Å². The summed E-state index contributed by atoms with van der Waals surface area (Å²) in [4.78, 5) is 25.0. The molecule has 5 rings (SSSR count). The van der Waals surface area contributed by atoms with Crippen molar-refractivity contribution in [3.63, 3.8) is 0 Å². The number of unbranched alkanes of at least 4 members (excludes halogenated alkanes) is 1. The molecule has 0 saturated heterocycles. The third-order valence-electron chi connectivity index (χ3n) is 8.15. The van der Waals surface area contributed by atoms with E-state index in [1.54, 1.807) is 26.1 Å². The number of amidine groups is 1. The van der Waals surface area contributed by atoms with Crippen LogP contribution >= 0.6 is 0 Å². The maximum absolute atomic E-state index is 13.7. The van der Waals surface area contributed by atoms with Gasteiger partial charge in [-0.15, -0.1) is 0 Å². The minimum Gasteiger partial charge on any atom is -0.377 e. The minimum atomic E-state index is -4.06. The van der Waals surface area contributed by atoms with Crippen LogP contribution in [0.2, 0.25) is 0 Å². The van der Waals surface area contributed by atoms with Crippen molar-refractivity contribution in [3.8, 4) is 11.3 Å². The van der Waals surface area contributed by atoms with Gasteiger partial charge in [0.15, 0.2) is 0 Å². The number of benzene rings is 1. The van der Waals surface area contributed by atoms with E-state index in [0.29, 0.717) is 35.7 Å². The lowest BCUT2D eigenvalue weighted by Crippen LogP contribution is -2.40. The van der Waals surface area contributed by atoms with Crippen molar-refractivity contribution in [2.45, 2.75) is 96.2 Å². The molecule has 1 amide bonds. The summed E-state index contributed by atoms with van der Waals surface area (Å²) >= 11 is 0. The molecule has 0 bridgehead atoms. The molecule has 1 aliphatic heterocycles. The molecule has 1 spiro atoms. The Hall–Kier alpha value is -3.57. The zero-order valence-electron chi connectivity index (χ0n) is 24.8. The van der Waals surface area contributed by atoms with Gasteiger partial charge in [0.25, 0.3) is 15.9 Å². The fourth-order valence-corrected chi connectivity index (χ4v) is 6.90. The van der Waals surface area contributed by atoms with Crippen LogP contribution in [0.1, 0.15) is 81.2 Å². The molecule has 3 aromatic rings. The molecule has 2 aromatic heterocycles. The van der Waals surface area contributed by atoms with E-state index >= 15 is 0 Å². The predicted molar refractivity (Wildman–Crippen MR) is 160 cm³/mol. The van der Waals surface area contributed by atoms with Crippen LogP contribution in [0.4, 0.5) is 5.88 Å². The number of hydrogen-bond acceptors (Lipinski definition) is 8. The van der Waals surface area contributed by atoms with Gasteiger partial charge in [-0.05, 0) is 63.3 Å². The van der Waals surface area contributed by atoms with Crippen molar-refractivity contribution in [1.82, 2.24) is 15.0 Å². The molecule has 10 nitrogen and oxygen atoms in total. The number of carbonyl (C=O) groups excluding carboxylic acids is 1. The lowest BCUT2D eigenvalue weighted by Gasteiger charge is -2.23. The third-order valence-corrected chi connectivity index (χ3v) is 9.52. The Labute approximate surface area is 247 Å². The zero-order valence-corrected chi connectivity index (χ0v) is 25.6. The normalized spacial score (nSPS) is 16.4. The summed E-state index contributed by atoms with van der Waals surface area (Å²) in [6.45, 7) is 8.69. The van der Waals surface area contributed by atoms with Gasteiger partial charge in [-0.3, -0.25) is 19.7 Å². The van der Waals surface area contributed by atoms with E-state index in [1.807, 2.05) is 30.0 Å². The van der Waals surface area contributed by atoms with Gasteiger partial charge >= 0.3 is 0 Å². The molecule has 0 unspecified atom stereocenters. The van der Waals surface area contributed by atoms with Crippen molar-refractivity contribution in [2.24, 2.45) is 4.99 Å². The molecule has 224 valence electrons. The summed E-state index contributed by atoms with van der Waals surface area (Å²) in [6.07, 6.45) is 8.02. The number of amides is 1. The summed E-state index contributed by atoms with van der Waals surface area (Å²) in [5.74, 6) is 1.05. The number of nitrogens with zero attached hydrogens (tertiary/aromatic N) is 4. The van der Waals surface area contributed by atoms with Crippen molar-refractivity contribution < 1.29 is 22.5 Å². The first-order valence-corrected chi connectivity index (χ1v) is 16.2. The van der Waals surface area contributed by atoms with Crippen LogP contribution in [-0.4, -0.2) is 47.3 Å². The first-order chi connectivity index (χ1) is 20.2. The summed E-state index contributed by atoms with van der Waals surface area (Å²) in [5.41, 5.74) is 3.26. The van der Waals surface area contributed by atoms with Crippen LogP contribution < -0.4 is 4.72 Å². The van der Waals surface area contributed by atoms with Crippen LogP contribution in [0.5, 0.6) is 0 Å². The summed E-state index contributed by atoms with van der Waals surface area (Å²) in [5, 5.41) is 3.85. The van der Waals surface area contributed by atoms with E-state index in [-0.39, 0.29) is 23.3 Å². The van der Waals surface area contributed by atoms with Crippen molar-refractivity contribution in [1.29, 1.82) is 0 Å². The maximum Gasteiger partial charge on any atom is 0.266 e. The third kappa shape index (κ3) is 5.85. The number of hydrogen-bond donors (Lipinski definition) is 1. The second-order valence-electron chi connectivity index (χ2n) is 11.1. The molecule has 0 radical (unpaired) electrons. The van der Waals surface area contributed by atoms with Gasteiger partial charge in [-0.2, -0.15) is 0 Å². The number of aryl methyl sites for hydroxylation is 1. The van der Waals surface area contributed by atoms with Crippen LogP contribution in [0.25, 0.3) is 11.3 Å². The number of nitrogens with one attached hydrogen (secondary N) is 1. The number of carbonyl (C=O) groups is 1. The topological polar surface area (TPSA) is 127 Å². The molecular formula is C31H39N5O5S. The second kappa shape index (κ2) is 12.3. The summed E-state index contributed by atoms with van der Waals surface area (Å²) in [7, 11) is -4.06. The number of ether oxygens (including phenoxy) is 1. The molecule has 0 atom stereocenters. The molecule has 1 N–H and O–H groups in total. The highest BCUT2D eigenvalue weighted by Crippen LogP contribution is 2.40. The Morgan fingerprint density at radius 2 is 1.93 bits per heavy atom. The monoisotopic (exact) mass is 593 g/mol. The van der Waals surface area contributed by atoms with Crippen LogP contribution in [0.3, 0.4) is 0 Å². The van der Waals surface area contributed by atoms with Crippen molar-refractivity contribution in [3.05, 3.63) is 58.9 Å². The average Bonchev–Trinajstić information content (AvgIpc) is 3.66. The van der Waals surface area contributed by atoms with Gasteiger partial charge in [0.2, 0.25) is 5.88 Å². The smallest absolute Gasteiger partial charge is 0.266 e. The highest BCUT2D eigenvalue weighted by Gasteiger charge is 2.49. The van der Waals surface area contributed by atoms with Gasteiger partial charge in [0.1, 0.15) is 16.3 Å². The molecule has 1 aromatic carbocycles. The largest absolute Gasteiger partial charge is 0.377 e. The second-order valence-corrected chi connectivity index (χ2v) is 12.7. The Bertz CT molecular complexity index is 1590. The zero-order chi connectivity index (χ0) is 29.9. The number of sulfonamides is 1. The van der Waals surface area contributed by atoms with Crippen LogP contribution in [0.15, 0.2) is 50.9 Å². The SMILES string of the molecule is CCCCC1=NC2(CCCC2)C(=O)N1Cc1ccc(-c2ncccc2S(=O)(=O)Nc2onc(C)c2C)c(COCC)c1. The van der Waals surface area contributed by atoms with Gasteiger partial charge < -0.3 is 9.26 Å². The van der Waals surface area contributed by atoms with Crippen molar-refractivity contribution >= 4 is 27.7 Å². The fourth-order valence-electron chi connectivity index (χ4n) is 5.69. The van der Waals surface area contributed by atoms with Gasteiger partial charge in [-0.1, -0.05) is 49.5 Å². The summed E-state index contributed by atoms with van der Waals surface area (Å²) in [6, 6.07) is 8.88. The Balaban J connectivity index is 1.49. The molecule has 1 saturated carbocycles. The number of aromatic nitrogens is 2. The lowest BCUT2D eigenvalue weighted by molar-refractivity contribution is -0.131. The van der Waals surface area contributed by atoms with Gasteiger partial charge in [0, 0.05) is 30.4 Å². The highest BCUT2D eigenvalue weighted by atomic mass is 32.2. The molecule has 42 heavy (non-hydrogen) atoms. The molecule has 1 fully saturated rings. The average molecular weight is 594 g/mol. The molecule has 3 heterocycles. The molecular weight excluding hydrogens is 554 g/mol. The Morgan fingerprint density at radius 1 is 1.14 bits per heavy atom. The molecule has 11 heteroatoms. The maximum atomic E-state index is 13.7. The van der Waals surface area contributed by atoms with Crippen LogP contribution in [0, 0.1) is 13.8 Å². The number of pyridine rings is 1. The first-order valence-electron chi connectivity index (χ1n) is 14.7. The fraction of sp³-hybridized carbons (Fsp3) is 0.484. The van der Waals surface area contributed by atoms with Crippen molar-refractivity contribution in [2.75, 3.05) is 11.3 Å². The predicted octanol–water partition coefficient (Wildman–Crippen LogP) is 5.93. The van der Waals surface area contributed by atoms with Gasteiger partial charge in [-0.25, -0.2) is 13.1 Å². The highest BCUT2D eigenvalue weighted by molar-refractivity contribution is 7.92. The summed E-state index contributed by atoms with van der Waals surface area (Å²) < 4.78 is 40.6. The Kier molecular flexibility index (Phi) is 8.79. The standard InChI is InChI=1S/C31H39N5O5S/c1-5-7-12-27-33-31(15-8-9-16-31)30(37)36(27)19-23-13-14-25(24(18-23)20-40-6-2)28-26(11-10-17-32-28)42(38,39)35-29-21(3)22(4)34-41-29/h10-11,13-14,17-18,35H,5-9,12,15-16,19-20H2,1-4H3. The quantitative estimate of drug-likeness (QED) is 0.276. The molecule has 2 aliphatic rings. The van der Waals surface area contributed by atoms with E-state index in [2.05, 4.69) is 21.8 Å². The first kappa shape index (κ1) is 29.9. The van der Waals surface area contributed by atoms with E-state index < -0.39 is 15.6 Å². The number of rotatable bonds is 12. The number of aliphatic imine (C=N–C) groups is 1.